The Hall–Kier alpha value is -3.38. The molecule has 0 unspecified atom stereocenters. The van der Waals surface area contributed by atoms with Crippen LogP contribution in [0.15, 0.2) is 31.0 Å². The van der Waals surface area contributed by atoms with E-state index in [1.54, 1.807) is 11.6 Å². The van der Waals surface area contributed by atoms with Gasteiger partial charge in [-0.3, -0.25) is 15.1 Å². The van der Waals surface area contributed by atoms with E-state index in [0.717, 1.165) is 59.8 Å². The highest BCUT2D eigenvalue weighted by Crippen LogP contribution is 2.36. The van der Waals surface area contributed by atoms with E-state index in [1.165, 1.54) is 12.6 Å². The standard InChI is InChI=1S/C25H32N8O3S/c1-16(2)22-23(18-11-21(36-3)25-28-15-29-33(25)14-18)30-31-24(22)20-13-26-19(12-27-20)17-5-7-32(8-6-17)9-10-37(4,34)35/h11-17H,5-10H2,1-4H3,(H,30,31). The molecule has 5 heterocycles. The molecule has 5 rings (SSSR count). The molecular weight excluding hydrogens is 492 g/mol. The van der Waals surface area contributed by atoms with Gasteiger partial charge in [0.25, 0.3) is 0 Å². The van der Waals surface area contributed by atoms with Crippen LogP contribution < -0.4 is 4.74 Å². The van der Waals surface area contributed by atoms with Gasteiger partial charge in [0.2, 0.25) is 0 Å². The number of hydrogen-bond donors (Lipinski definition) is 1. The zero-order chi connectivity index (χ0) is 26.2. The fourth-order valence-electron chi connectivity index (χ4n) is 4.93. The molecule has 0 aliphatic carbocycles. The molecule has 1 aliphatic rings. The SMILES string of the molecule is COc1cc(-c2n[nH]c(-c3cnc(C4CCN(CCS(C)(=O)=O)CC4)cn3)c2C(C)C)cn2ncnc12. The topological polar surface area (TPSA) is 131 Å². The molecule has 1 aliphatic heterocycles. The molecule has 12 heteroatoms. The number of hydrogen-bond acceptors (Lipinski definition) is 9. The Balaban J connectivity index is 1.36. The van der Waals surface area contributed by atoms with E-state index in [9.17, 15) is 8.42 Å². The van der Waals surface area contributed by atoms with Crippen LogP contribution in [0.25, 0.3) is 28.3 Å². The van der Waals surface area contributed by atoms with E-state index in [0.29, 0.717) is 23.9 Å². The maximum absolute atomic E-state index is 11.5. The zero-order valence-corrected chi connectivity index (χ0v) is 22.4. The van der Waals surface area contributed by atoms with E-state index in [1.807, 2.05) is 24.7 Å². The molecule has 1 N–H and O–H groups in total. The number of nitrogens with one attached hydrogen (secondary N) is 1. The molecule has 0 bridgehead atoms. The first-order chi connectivity index (χ1) is 17.7. The molecule has 4 aromatic heterocycles. The van der Waals surface area contributed by atoms with Crippen molar-refractivity contribution in [2.45, 2.75) is 38.5 Å². The molecule has 11 nitrogen and oxygen atoms in total. The van der Waals surface area contributed by atoms with Gasteiger partial charge in [-0.05, 0) is 37.9 Å². The number of methoxy groups -OCH3 is 1. The summed E-state index contributed by atoms with van der Waals surface area (Å²) in [5.41, 5.74) is 5.93. The highest BCUT2D eigenvalue weighted by atomic mass is 32.2. The minimum atomic E-state index is -2.94. The van der Waals surface area contributed by atoms with E-state index < -0.39 is 9.84 Å². The van der Waals surface area contributed by atoms with Crippen molar-refractivity contribution in [3.8, 4) is 28.4 Å². The Morgan fingerprint density at radius 2 is 1.95 bits per heavy atom. The maximum atomic E-state index is 11.5. The van der Waals surface area contributed by atoms with Crippen LogP contribution in [0, 0.1) is 0 Å². The van der Waals surface area contributed by atoms with Gasteiger partial charge in [0.05, 0.1) is 36.1 Å². The minimum absolute atomic E-state index is 0.180. The number of pyridine rings is 1. The lowest BCUT2D eigenvalue weighted by molar-refractivity contribution is 0.221. The second-order valence-electron chi connectivity index (χ2n) is 9.91. The van der Waals surface area contributed by atoms with Gasteiger partial charge in [-0.15, -0.1) is 0 Å². The van der Waals surface area contributed by atoms with Crippen molar-refractivity contribution in [1.82, 2.24) is 39.7 Å². The van der Waals surface area contributed by atoms with Gasteiger partial charge >= 0.3 is 0 Å². The highest BCUT2D eigenvalue weighted by molar-refractivity contribution is 7.90. The number of piperidine rings is 1. The predicted molar refractivity (Wildman–Crippen MR) is 140 cm³/mol. The summed E-state index contributed by atoms with van der Waals surface area (Å²) in [6, 6.07) is 1.92. The minimum Gasteiger partial charge on any atom is -0.493 e. The van der Waals surface area contributed by atoms with E-state index >= 15 is 0 Å². The third kappa shape index (κ3) is 5.35. The number of rotatable bonds is 8. The fourth-order valence-corrected chi connectivity index (χ4v) is 5.52. The number of sulfone groups is 1. The van der Waals surface area contributed by atoms with Gasteiger partial charge in [-0.1, -0.05) is 13.8 Å². The van der Waals surface area contributed by atoms with Crippen LogP contribution in [-0.2, 0) is 9.84 Å². The number of H-pyrrole nitrogens is 1. The largest absolute Gasteiger partial charge is 0.493 e. The molecule has 0 amide bonds. The zero-order valence-electron chi connectivity index (χ0n) is 21.5. The highest BCUT2D eigenvalue weighted by Gasteiger charge is 2.24. The van der Waals surface area contributed by atoms with Gasteiger partial charge in [0.15, 0.2) is 11.4 Å². The summed E-state index contributed by atoms with van der Waals surface area (Å²) in [5.74, 6) is 1.33. The van der Waals surface area contributed by atoms with Gasteiger partial charge in [0.1, 0.15) is 21.9 Å². The van der Waals surface area contributed by atoms with Crippen LogP contribution in [0.3, 0.4) is 0 Å². The number of aromatic nitrogens is 7. The molecule has 0 aromatic carbocycles. The Bertz CT molecular complexity index is 1490. The van der Waals surface area contributed by atoms with E-state index in [2.05, 4.69) is 39.0 Å². The van der Waals surface area contributed by atoms with Crippen molar-refractivity contribution in [2.24, 2.45) is 0 Å². The molecule has 0 atom stereocenters. The third-order valence-electron chi connectivity index (χ3n) is 6.93. The lowest BCUT2D eigenvalue weighted by Gasteiger charge is -2.31. The molecule has 0 radical (unpaired) electrons. The van der Waals surface area contributed by atoms with Gasteiger partial charge < -0.3 is 9.64 Å². The number of likely N-dealkylation sites (tertiary alicyclic amines) is 1. The lowest BCUT2D eigenvalue weighted by Crippen LogP contribution is -2.36. The molecule has 196 valence electrons. The first kappa shape index (κ1) is 25.3. The monoisotopic (exact) mass is 524 g/mol. The van der Waals surface area contributed by atoms with Gasteiger partial charge in [0, 0.05) is 42.2 Å². The second-order valence-corrected chi connectivity index (χ2v) is 12.2. The molecule has 37 heavy (non-hydrogen) atoms. The van der Waals surface area contributed by atoms with Crippen LogP contribution in [0.2, 0.25) is 0 Å². The Morgan fingerprint density at radius 1 is 1.16 bits per heavy atom. The van der Waals surface area contributed by atoms with Crippen molar-refractivity contribution in [1.29, 1.82) is 0 Å². The summed E-state index contributed by atoms with van der Waals surface area (Å²) in [4.78, 5) is 16.0. The first-order valence-corrected chi connectivity index (χ1v) is 14.5. The van der Waals surface area contributed by atoms with Crippen LogP contribution >= 0.6 is 0 Å². The Kier molecular flexibility index (Phi) is 6.95. The molecule has 1 fully saturated rings. The van der Waals surface area contributed by atoms with Crippen LogP contribution in [0.4, 0.5) is 0 Å². The number of aromatic amines is 1. The summed E-state index contributed by atoms with van der Waals surface area (Å²) in [6.07, 6.45) is 10.2. The third-order valence-corrected chi connectivity index (χ3v) is 7.85. The van der Waals surface area contributed by atoms with E-state index in [4.69, 9.17) is 14.7 Å². The first-order valence-electron chi connectivity index (χ1n) is 12.4. The molecule has 0 saturated carbocycles. The Morgan fingerprint density at radius 3 is 2.59 bits per heavy atom. The predicted octanol–water partition coefficient (Wildman–Crippen LogP) is 2.93. The smallest absolute Gasteiger partial charge is 0.197 e. The van der Waals surface area contributed by atoms with Gasteiger partial charge in [-0.2, -0.15) is 10.2 Å². The average Bonchev–Trinajstić information content (AvgIpc) is 3.54. The fraction of sp³-hybridized carbons (Fsp3) is 0.480. The maximum Gasteiger partial charge on any atom is 0.197 e. The van der Waals surface area contributed by atoms with Crippen LogP contribution in [0.5, 0.6) is 5.75 Å². The Labute approximate surface area is 216 Å². The van der Waals surface area contributed by atoms with Crippen molar-refractivity contribution in [3.05, 3.63) is 42.2 Å². The summed E-state index contributed by atoms with van der Waals surface area (Å²) >= 11 is 0. The van der Waals surface area contributed by atoms with Crippen molar-refractivity contribution in [2.75, 3.05) is 38.8 Å². The summed E-state index contributed by atoms with van der Waals surface area (Å²) in [6.45, 7) is 6.58. The lowest BCUT2D eigenvalue weighted by atomic mass is 9.93. The van der Waals surface area contributed by atoms with E-state index in [-0.39, 0.29) is 11.7 Å². The van der Waals surface area contributed by atoms with Gasteiger partial charge in [-0.25, -0.2) is 17.9 Å². The quantitative estimate of drug-likeness (QED) is 0.369. The second kappa shape index (κ2) is 10.2. The van der Waals surface area contributed by atoms with Crippen molar-refractivity contribution < 1.29 is 13.2 Å². The van der Waals surface area contributed by atoms with Crippen LogP contribution in [0.1, 0.15) is 49.8 Å². The molecular formula is C25H32N8O3S. The number of nitrogens with zero attached hydrogens (tertiary/aromatic N) is 7. The summed E-state index contributed by atoms with van der Waals surface area (Å²) < 4.78 is 30.1. The molecule has 4 aromatic rings. The molecule has 0 spiro atoms. The van der Waals surface area contributed by atoms with Crippen molar-refractivity contribution >= 4 is 15.5 Å². The number of ether oxygens (including phenoxy) is 1. The number of fused-ring (bicyclic) bond motifs is 1. The average molecular weight is 525 g/mol. The van der Waals surface area contributed by atoms with Crippen molar-refractivity contribution in [3.63, 3.8) is 0 Å². The summed E-state index contributed by atoms with van der Waals surface area (Å²) in [7, 11) is -1.33. The normalized spacial score (nSPS) is 15.6. The molecule has 1 saturated heterocycles. The van der Waals surface area contributed by atoms with Crippen LogP contribution in [-0.4, -0.2) is 86.8 Å². The summed E-state index contributed by atoms with van der Waals surface area (Å²) in [5, 5.41) is 12.1.